The summed E-state index contributed by atoms with van der Waals surface area (Å²) in [4.78, 5) is 26.1. The van der Waals surface area contributed by atoms with Gasteiger partial charge in [-0.3, -0.25) is 13.9 Å². The van der Waals surface area contributed by atoms with Crippen LogP contribution in [-0.2, 0) is 19.6 Å². The number of carbonyl (C=O) groups is 2. The highest BCUT2D eigenvalue weighted by molar-refractivity contribution is 7.92. The minimum Gasteiger partial charge on any atom is -0.342 e. The Morgan fingerprint density at radius 1 is 1.25 bits per heavy atom. The van der Waals surface area contributed by atoms with Crippen LogP contribution in [0.3, 0.4) is 0 Å². The molecule has 0 N–H and O–H groups in total. The summed E-state index contributed by atoms with van der Waals surface area (Å²) < 4.78 is 38.7. The fraction of sp³-hybridized carbons (Fsp3) is 0.467. The Labute approximate surface area is 140 Å². The van der Waals surface area contributed by atoms with Crippen LogP contribution in [0.5, 0.6) is 0 Å². The monoisotopic (exact) mass is 357 g/mol. The van der Waals surface area contributed by atoms with Gasteiger partial charge in [0, 0.05) is 39.1 Å². The molecule has 1 saturated heterocycles. The second kappa shape index (κ2) is 7.61. The van der Waals surface area contributed by atoms with Crippen molar-refractivity contribution in [1.29, 1.82) is 0 Å². The number of carbonyl (C=O) groups excluding carboxylic acids is 2. The summed E-state index contributed by atoms with van der Waals surface area (Å²) in [6, 6.07) is 5.55. The molecule has 0 bridgehead atoms. The number of halogens is 1. The van der Waals surface area contributed by atoms with Crippen LogP contribution >= 0.6 is 0 Å². The van der Waals surface area contributed by atoms with Crippen molar-refractivity contribution in [2.45, 2.75) is 6.42 Å². The lowest BCUT2D eigenvalue weighted by Gasteiger charge is -2.33. The van der Waals surface area contributed by atoms with Gasteiger partial charge in [-0.1, -0.05) is 12.1 Å². The van der Waals surface area contributed by atoms with Gasteiger partial charge in [0.15, 0.2) is 0 Å². The average Bonchev–Trinajstić information content (AvgIpc) is 2.55. The molecule has 1 aromatic carbocycles. The molecular formula is C15H20FN3O4S. The Hall–Kier alpha value is -2.16. The highest BCUT2D eigenvalue weighted by Crippen LogP contribution is 2.21. The third-order valence-corrected chi connectivity index (χ3v) is 5.05. The molecule has 0 atom stereocenters. The third kappa shape index (κ3) is 4.44. The molecule has 0 unspecified atom stereocenters. The first-order chi connectivity index (χ1) is 11.3. The van der Waals surface area contributed by atoms with Crippen LogP contribution in [0.2, 0.25) is 0 Å². The van der Waals surface area contributed by atoms with E-state index in [1.807, 2.05) is 0 Å². The van der Waals surface area contributed by atoms with E-state index >= 15 is 0 Å². The fourth-order valence-electron chi connectivity index (χ4n) is 2.55. The first kappa shape index (κ1) is 18.2. The lowest BCUT2D eigenvalue weighted by atomic mass is 10.2. The molecule has 1 aromatic rings. The normalized spacial score (nSPS) is 15.2. The summed E-state index contributed by atoms with van der Waals surface area (Å²) in [5.41, 5.74) is -0.0708. The van der Waals surface area contributed by atoms with Gasteiger partial charge in [-0.25, -0.2) is 12.8 Å². The zero-order valence-corrected chi connectivity index (χ0v) is 14.2. The van der Waals surface area contributed by atoms with Crippen molar-refractivity contribution in [3.05, 3.63) is 30.1 Å². The van der Waals surface area contributed by atoms with Gasteiger partial charge in [0.1, 0.15) is 5.82 Å². The number of anilines is 1. The number of sulfonamides is 1. The highest BCUT2D eigenvalue weighted by atomic mass is 32.2. The molecular weight excluding hydrogens is 337 g/mol. The number of nitrogens with zero attached hydrogens (tertiary/aromatic N) is 3. The molecule has 2 rings (SSSR count). The van der Waals surface area contributed by atoms with Gasteiger partial charge < -0.3 is 9.80 Å². The summed E-state index contributed by atoms with van der Waals surface area (Å²) in [6.45, 7) is 1.61. The molecule has 2 amide bonds. The number of amides is 2. The van der Waals surface area contributed by atoms with Crippen LogP contribution in [0.25, 0.3) is 0 Å². The summed E-state index contributed by atoms with van der Waals surface area (Å²) in [6.07, 6.45) is 1.67. The van der Waals surface area contributed by atoms with E-state index in [0.717, 1.165) is 17.0 Å². The van der Waals surface area contributed by atoms with Gasteiger partial charge in [0.2, 0.25) is 22.3 Å². The predicted molar refractivity (Wildman–Crippen MR) is 87.4 cm³/mol. The molecule has 1 aliphatic heterocycles. The van der Waals surface area contributed by atoms with Crippen molar-refractivity contribution in [3.8, 4) is 0 Å². The zero-order chi connectivity index (χ0) is 17.7. The number of para-hydroxylation sites is 1. The van der Waals surface area contributed by atoms with E-state index < -0.39 is 15.8 Å². The highest BCUT2D eigenvalue weighted by Gasteiger charge is 2.24. The Kier molecular flexibility index (Phi) is 5.76. The van der Waals surface area contributed by atoms with Gasteiger partial charge in [-0.2, -0.15) is 0 Å². The number of piperazine rings is 1. The van der Waals surface area contributed by atoms with Crippen LogP contribution in [0.4, 0.5) is 10.1 Å². The molecule has 0 radical (unpaired) electrons. The molecule has 24 heavy (non-hydrogen) atoms. The SMILES string of the molecule is CS(=O)(=O)N(CCC(=O)N1CCN(C=O)CC1)c1ccccc1F. The molecule has 0 spiro atoms. The smallest absolute Gasteiger partial charge is 0.232 e. The molecule has 0 saturated carbocycles. The third-order valence-electron chi connectivity index (χ3n) is 3.87. The largest absolute Gasteiger partial charge is 0.342 e. The van der Waals surface area contributed by atoms with Gasteiger partial charge in [0.25, 0.3) is 0 Å². The molecule has 0 aromatic heterocycles. The maximum atomic E-state index is 13.9. The quantitative estimate of drug-likeness (QED) is 0.685. The lowest BCUT2D eigenvalue weighted by Crippen LogP contribution is -2.48. The Bertz CT molecular complexity index is 702. The topological polar surface area (TPSA) is 78.0 Å². The molecule has 9 heteroatoms. The van der Waals surface area contributed by atoms with Gasteiger partial charge in [-0.15, -0.1) is 0 Å². The predicted octanol–water partition coefficient (Wildman–Crippen LogP) is 0.282. The van der Waals surface area contributed by atoms with Crippen LogP contribution in [-0.4, -0.2) is 69.5 Å². The van der Waals surface area contributed by atoms with Crippen molar-refractivity contribution in [2.75, 3.05) is 43.3 Å². The molecule has 1 heterocycles. The minimum absolute atomic E-state index is 0.0531. The van der Waals surface area contributed by atoms with E-state index in [0.29, 0.717) is 26.2 Å². The van der Waals surface area contributed by atoms with Gasteiger partial charge >= 0.3 is 0 Å². The second-order valence-corrected chi connectivity index (χ2v) is 7.47. The standard InChI is InChI=1S/C15H20FN3O4S/c1-24(22,23)19(14-5-3-2-4-13(14)16)7-6-15(21)18-10-8-17(12-20)9-11-18/h2-5,12H,6-11H2,1H3. The minimum atomic E-state index is -3.71. The molecule has 7 nitrogen and oxygen atoms in total. The zero-order valence-electron chi connectivity index (χ0n) is 13.4. The fourth-order valence-corrected chi connectivity index (χ4v) is 3.48. The van der Waals surface area contributed by atoms with Crippen molar-refractivity contribution >= 4 is 28.0 Å². The number of hydrogen-bond donors (Lipinski definition) is 0. The Morgan fingerprint density at radius 3 is 2.42 bits per heavy atom. The molecule has 132 valence electrons. The lowest BCUT2D eigenvalue weighted by molar-refractivity contribution is -0.134. The summed E-state index contributed by atoms with van der Waals surface area (Å²) in [7, 11) is -3.71. The Balaban J connectivity index is 2.03. The van der Waals surface area contributed by atoms with Crippen LogP contribution in [0.15, 0.2) is 24.3 Å². The van der Waals surface area contributed by atoms with E-state index in [9.17, 15) is 22.4 Å². The van der Waals surface area contributed by atoms with Crippen molar-refractivity contribution < 1.29 is 22.4 Å². The number of rotatable bonds is 6. The summed E-state index contributed by atoms with van der Waals surface area (Å²) in [5, 5.41) is 0. The average molecular weight is 357 g/mol. The first-order valence-electron chi connectivity index (χ1n) is 7.52. The van der Waals surface area contributed by atoms with Crippen molar-refractivity contribution in [3.63, 3.8) is 0 Å². The van der Waals surface area contributed by atoms with Crippen molar-refractivity contribution in [2.24, 2.45) is 0 Å². The Morgan fingerprint density at radius 2 is 1.88 bits per heavy atom. The van der Waals surface area contributed by atoms with E-state index in [-0.39, 0.29) is 24.6 Å². The number of hydrogen-bond acceptors (Lipinski definition) is 4. The van der Waals surface area contributed by atoms with Crippen LogP contribution < -0.4 is 4.31 Å². The van der Waals surface area contributed by atoms with E-state index in [1.54, 1.807) is 9.80 Å². The second-order valence-electron chi connectivity index (χ2n) is 5.56. The van der Waals surface area contributed by atoms with Gasteiger partial charge in [0.05, 0.1) is 11.9 Å². The van der Waals surface area contributed by atoms with E-state index in [4.69, 9.17) is 0 Å². The number of benzene rings is 1. The van der Waals surface area contributed by atoms with Crippen molar-refractivity contribution in [1.82, 2.24) is 9.80 Å². The maximum absolute atomic E-state index is 13.9. The van der Waals surface area contributed by atoms with Crippen LogP contribution in [0, 0.1) is 5.82 Å². The molecule has 0 aliphatic carbocycles. The van der Waals surface area contributed by atoms with E-state index in [2.05, 4.69) is 0 Å². The summed E-state index contributed by atoms with van der Waals surface area (Å²) in [5.74, 6) is -0.875. The maximum Gasteiger partial charge on any atom is 0.232 e. The van der Waals surface area contributed by atoms with E-state index in [1.165, 1.54) is 24.3 Å². The first-order valence-corrected chi connectivity index (χ1v) is 9.37. The molecule has 1 fully saturated rings. The van der Waals surface area contributed by atoms with Gasteiger partial charge in [-0.05, 0) is 12.1 Å². The summed E-state index contributed by atoms with van der Waals surface area (Å²) >= 11 is 0. The van der Waals surface area contributed by atoms with Crippen LogP contribution in [0.1, 0.15) is 6.42 Å². The molecule has 1 aliphatic rings.